The summed E-state index contributed by atoms with van der Waals surface area (Å²) >= 11 is 0. The first kappa shape index (κ1) is 8.87. The lowest BCUT2D eigenvalue weighted by Crippen LogP contribution is -2.57. The Hall–Kier alpha value is -0.220. The molecule has 0 amide bonds. The highest BCUT2D eigenvalue weighted by Gasteiger charge is 2.34. The number of nitrogens with two attached hydrogens (primary N) is 1. The van der Waals surface area contributed by atoms with Gasteiger partial charge in [-0.1, -0.05) is 0 Å². The van der Waals surface area contributed by atoms with Crippen molar-refractivity contribution in [3.63, 3.8) is 0 Å². The molecule has 0 spiro atoms. The second-order valence-corrected chi connectivity index (χ2v) is 2.99. The average molecular weight is 164 g/mol. The van der Waals surface area contributed by atoms with Gasteiger partial charge in [0.1, 0.15) is 0 Å². The standard InChI is InChI=1S/C7H14F2N2/c1-5(7(8)9)11-3-2-6(11)4-10/h5-7H,2-4,10H2,1H3. The van der Waals surface area contributed by atoms with Crippen LogP contribution in [0.3, 0.4) is 0 Å². The van der Waals surface area contributed by atoms with Gasteiger partial charge >= 0.3 is 0 Å². The van der Waals surface area contributed by atoms with Crippen LogP contribution in [0.2, 0.25) is 0 Å². The van der Waals surface area contributed by atoms with Crippen molar-refractivity contribution in [2.24, 2.45) is 5.73 Å². The summed E-state index contributed by atoms with van der Waals surface area (Å²) in [6, 6.07) is -0.434. The van der Waals surface area contributed by atoms with E-state index in [9.17, 15) is 8.78 Å². The fourth-order valence-electron chi connectivity index (χ4n) is 1.39. The van der Waals surface area contributed by atoms with Gasteiger partial charge in [-0.2, -0.15) is 0 Å². The first-order valence-electron chi connectivity index (χ1n) is 3.90. The van der Waals surface area contributed by atoms with E-state index in [-0.39, 0.29) is 6.04 Å². The Kier molecular flexibility index (Phi) is 2.78. The molecule has 0 aliphatic carbocycles. The van der Waals surface area contributed by atoms with Gasteiger partial charge in [0.2, 0.25) is 0 Å². The molecule has 0 aromatic carbocycles. The van der Waals surface area contributed by atoms with Gasteiger partial charge in [-0.25, -0.2) is 8.78 Å². The van der Waals surface area contributed by atoms with E-state index in [0.29, 0.717) is 6.54 Å². The molecule has 1 aliphatic rings. The molecule has 2 unspecified atom stereocenters. The van der Waals surface area contributed by atoms with Crippen LogP contribution in [0.1, 0.15) is 13.3 Å². The first-order chi connectivity index (χ1) is 5.16. The monoisotopic (exact) mass is 164 g/mol. The second-order valence-electron chi connectivity index (χ2n) is 2.99. The summed E-state index contributed by atoms with van der Waals surface area (Å²) < 4.78 is 24.3. The summed E-state index contributed by atoms with van der Waals surface area (Å²) in [5, 5.41) is 0. The zero-order chi connectivity index (χ0) is 8.43. The van der Waals surface area contributed by atoms with E-state index >= 15 is 0 Å². The van der Waals surface area contributed by atoms with Gasteiger partial charge in [-0.3, -0.25) is 4.90 Å². The van der Waals surface area contributed by atoms with Crippen LogP contribution in [-0.4, -0.2) is 36.5 Å². The smallest absolute Gasteiger partial charge is 0.253 e. The zero-order valence-corrected chi connectivity index (χ0v) is 6.63. The maximum atomic E-state index is 12.1. The lowest BCUT2D eigenvalue weighted by Gasteiger charge is -2.44. The topological polar surface area (TPSA) is 29.3 Å². The summed E-state index contributed by atoms with van der Waals surface area (Å²) in [6.07, 6.45) is -1.28. The van der Waals surface area contributed by atoms with Gasteiger partial charge in [-0.05, 0) is 13.3 Å². The predicted molar refractivity (Wildman–Crippen MR) is 39.6 cm³/mol. The summed E-state index contributed by atoms with van der Waals surface area (Å²) in [5.74, 6) is 0. The molecule has 4 heteroatoms. The molecule has 1 saturated heterocycles. The largest absolute Gasteiger partial charge is 0.329 e. The lowest BCUT2D eigenvalue weighted by atomic mass is 10.0. The minimum atomic E-state index is -2.25. The molecule has 2 nitrogen and oxygen atoms in total. The molecule has 1 aliphatic heterocycles. The van der Waals surface area contributed by atoms with Crippen LogP contribution >= 0.6 is 0 Å². The summed E-state index contributed by atoms with van der Waals surface area (Å²) in [6.45, 7) is 2.82. The van der Waals surface area contributed by atoms with E-state index in [2.05, 4.69) is 0 Å². The van der Waals surface area contributed by atoms with Gasteiger partial charge in [0.25, 0.3) is 6.43 Å². The number of nitrogens with zero attached hydrogens (tertiary/aromatic N) is 1. The van der Waals surface area contributed by atoms with Crippen LogP contribution in [0, 0.1) is 0 Å². The lowest BCUT2D eigenvalue weighted by molar-refractivity contribution is -0.0298. The van der Waals surface area contributed by atoms with Crippen molar-refractivity contribution in [3.8, 4) is 0 Å². The number of halogens is 2. The number of alkyl halides is 2. The third-order valence-corrected chi connectivity index (χ3v) is 2.35. The molecule has 66 valence electrons. The Morgan fingerprint density at radius 1 is 1.64 bits per heavy atom. The van der Waals surface area contributed by atoms with Gasteiger partial charge in [0, 0.05) is 19.1 Å². The van der Waals surface area contributed by atoms with Crippen molar-refractivity contribution in [1.29, 1.82) is 0 Å². The molecule has 0 aromatic heterocycles. The molecule has 0 radical (unpaired) electrons. The molecular weight excluding hydrogens is 150 g/mol. The molecule has 1 rings (SSSR count). The van der Waals surface area contributed by atoms with Crippen molar-refractivity contribution in [2.45, 2.75) is 31.9 Å². The van der Waals surface area contributed by atoms with Crippen molar-refractivity contribution in [3.05, 3.63) is 0 Å². The minimum Gasteiger partial charge on any atom is -0.329 e. The molecule has 11 heavy (non-hydrogen) atoms. The van der Waals surface area contributed by atoms with Crippen LogP contribution in [0.4, 0.5) is 8.78 Å². The highest BCUT2D eigenvalue weighted by molar-refractivity contribution is 4.87. The van der Waals surface area contributed by atoms with Crippen LogP contribution in [-0.2, 0) is 0 Å². The van der Waals surface area contributed by atoms with Gasteiger partial charge in [-0.15, -0.1) is 0 Å². The molecule has 0 bridgehead atoms. The molecule has 1 heterocycles. The van der Waals surface area contributed by atoms with Gasteiger partial charge < -0.3 is 5.73 Å². The minimum absolute atomic E-state index is 0.194. The van der Waals surface area contributed by atoms with E-state index in [0.717, 1.165) is 13.0 Å². The molecule has 2 atom stereocenters. The van der Waals surface area contributed by atoms with Crippen LogP contribution in [0.15, 0.2) is 0 Å². The van der Waals surface area contributed by atoms with E-state index in [1.54, 1.807) is 11.8 Å². The molecular formula is C7H14F2N2. The first-order valence-corrected chi connectivity index (χ1v) is 3.90. The summed E-state index contributed by atoms with van der Waals surface area (Å²) in [4.78, 5) is 1.77. The fourth-order valence-corrected chi connectivity index (χ4v) is 1.39. The normalized spacial score (nSPS) is 28.6. The summed E-state index contributed by atoms with van der Waals surface area (Å²) in [7, 11) is 0. The SMILES string of the molecule is CC(C(F)F)N1CCC1CN. The van der Waals surface area contributed by atoms with Crippen molar-refractivity contribution < 1.29 is 8.78 Å². The predicted octanol–water partition coefficient (Wildman–Crippen LogP) is 0.673. The van der Waals surface area contributed by atoms with Crippen LogP contribution < -0.4 is 5.73 Å². The third kappa shape index (κ3) is 1.68. The van der Waals surface area contributed by atoms with E-state index in [1.165, 1.54) is 0 Å². The van der Waals surface area contributed by atoms with Crippen molar-refractivity contribution in [2.75, 3.05) is 13.1 Å². The zero-order valence-electron chi connectivity index (χ0n) is 6.63. The summed E-state index contributed by atoms with van der Waals surface area (Å²) in [5.41, 5.74) is 5.38. The van der Waals surface area contributed by atoms with E-state index < -0.39 is 12.5 Å². The van der Waals surface area contributed by atoms with E-state index in [1.807, 2.05) is 0 Å². The fraction of sp³-hybridized carbons (Fsp3) is 1.00. The van der Waals surface area contributed by atoms with Crippen LogP contribution in [0.25, 0.3) is 0 Å². The third-order valence-electron chi connectivity index (χ3n) is 2.35. The van der Waals surface area contributed by atoms with Gasteiger partial charge in [0.15, 0.2) is 0 Å². The van der Waals surface area contributed by atoms with Crippen molar-refractivity contribution >= 4 is 0 Å². The second kappa shape index (κ2) is 3.45. The number of likely N-dealkylation sites (tertiary alicyclic amines) is 1. The number of hydrogen-bond donors (Lipinski definition) is 1. The van der Waals surface area contributed by atoms with Gasteiger partial charge in [0.05, 0.1) is 6.04 Å². The maximum Gasteiger partial charge on any atom is 0.253 e. The Bertz CT molecular complexity index is 128. The van der Waals surface area contributed by atoms with Crippen molar-refractivity contribution in [1.82, 2.24) is 4.90 Å². The molecule has 0 saturated carbocycles. The van der Waals surface area contributed by atoms with E-state index in [4.69, 9.17) is 5.73 Å². The number of rotatable bonds is 3. The molecule has 2 N–H and O–H groups in total. The number of hydrogen-bond acceptors (Lipinski definition) is 2. The highest BCUT2D eigenvalue weighted by atomic mass is 19.3. The molecule has 1 fully saturated rings. The molecule has 0 aromatic rings. The van der Waals surface area contributed by atoms with Crippen LogP contribution in [0.5, 0.6) is 0 Å². The Morgan fingerprint density at radius 3 is 2.55 bits per heavy atom. The maximum absolute atomic E-state index is 12.1. The Morgan fingerprint density at radius 2 is 2.27 bits per heavy atom. The highest BCUT2D eigenvalue weighted by Crippen LogP contribution is 2.22. The quantitative estimate of drug-likeness (QED) is 0.664. The average Bonchev–Trinajstić information content (AvgIpc) is 1.86. The Labute approximate surface area is 65.4 Å². The Balaban J connectivity index is 2.35.